The van der Waals surface area contributed by atoms with Crippen LogP contribution in [-0.4, -0.2) is 32.1 Å². The van der Waals surface area contributed by atoms with E-state index in [4.69, 9.17) is 9.47 Å². The lowest BCUT2D eigenvalue weighted by atomic mass is 10.1. The van der Waals surface area contributed by atoms with Gasteiger partial charge < -0.3 is 20.1 Å². The molecule has 0 bridgehead atoms. The second kappa shape index (κ2) is 9.43. The van der Waals surface area contributed by atoms with Crippen LogP contribution in [0, 0.1) is 0 Å². The molecule has 0 aliphatic rings. The summed E-state index contributed by atoms with van der Waals surface area (Å²) in [6.07, 6.45) is 3.06. The van der Waals surface area contributed by atoms with Crippen molar-refractivity contribution in [2.75, 3.05) is 19.5 Å². The number of methoxy groups -OCH3 is 2. The van der Waals surface area contributed by atoms with E-state index in [1.165, 1.54) is 6.08 Å². The van der Waals surface area contributed by atoms with Gasteiger partial charge in [0.15, 0.2) is 11.5 Å². The average molecular weight is 368 g/mol. The Hall–Kier alpha value is -3.28. The third-order valence-electron chi connectivity index (χ3n) is 3.68. The Balaban J connectivity index is 2.12. The minimum absolute atomic E-state index is 0.00575. The number of rotatable bonds is 7. The first-order valence-corrected chi connectivity index (χ1v) is 8.55. The molecule has 2 N–H and O–H groups in total. The van der Waals surface area contributed by atoms with Crippen LogP contribution in [0.3, 0.4) is 0 Å². The largest absolute Gasteiger partial charge is 0.493 e. The van der Waals surface area contributed by atoms with E-state index in [2.05, 4.69) is 10.6 Å². The molecule has 0 aliphatic carbocycles. The Morgan fingerprint density at radius 1 is 1.00 bits per heavy atom. The van der Waals surface area contributed by atoms with E-state index in [-0.39, 0.29) is 17.9 Å². The number of nitrogens with one attached hydrogen (secondary N) is 2. The molecule has 0 fully saturated rings. The van der Waals surface area contributed by atoms with Crippen LogP contribution < -0.4 is 20.1 Å². The van der Waals surface area contributed by atoms with Crippen LogP contribution in [0.2, 0.25) is 0 Å². The second-order valence-electron chi connectivity index (χ2n) is 6.11. The first-order valence-electron chi connectivity index (χ1n) is 8.55. The normalized spacial score (nSPS) is 10.7. The topological polar surface area (TPSA) is 76.7 Å². The SMILES string of the molecule is COc1ccc(/C=C/C(=O)Nc2ccccc2C(=O)NC(C)C)cc1OC. The van der Waals surface area contributed by atoms with E-state index >= 15 is 0 Å². The highest BCUT2D eigenvalue weighted by Gasteiger charge is 2.12. The molecule has 2 aromatic rings. The van der Waals surface area contributed by atoms with Gasteiger partial charge in [-0.05, 0) is 49.8 Å². The van der Waals surface area contributed by atoms with Crippen LogP contribution in [0.25, 0.3) is 6.08 Å². The number of carbonyl (C=O) groups is 2. The molecule has 6 heteroatoms. The molecule has 0 aliphatic heterocycles. The van der Waals surface area contributed by atoms with Gasteiger partial charge >= 0.3 is 0 Å². The molecule has 0 aromatic heterocycles. The summed E-state index contributed by atoms with van der Waals surface area (Å²) >= 11 is 0. The van der Waals surface area contributed by atoms with Gasteiger partial charge in [-0.3, -0.25) is 9.59 Å². The standard InChI is InChI=1S/C21H24N2O4/c1-14(2)22-21(25)16-7-5-6-8-17(16)23-20(24)12-10-15-9-11-18(26-3)19(13-15)27-4/h5-14H,1-4H3,(H,22,25)(H,23,24)/b12-10+. The maximum Gasteiger partial charge on any atom is 0.253 e. The average Bonchev–Trinajstić information content (AvgIpc) is 2.65. The smallest absolute Gasteiger partial charge is 0.253 e. The molecule has 0 spiro atoms. The predicted molar refractivity (Wildman–Crippen MR) is 106 cm³/mol. The lowest BCUT2D eigenvalue weighted by molar-refractivity contribution is -0.111. The molecule has 2 amide bonds. The van der Waals surface area contributed by atoms with E-state index in [9.17, 15) is 9.59 Å². The predicted octanol–water partition coefficient (Wildman–Crippen LogP) is 3.49. The van der Waals surface area contributed by atoms with Crippen LogP contribution in [-0.2, 0) is 4.79 Å². The molecule has 0 atom stereocenters. The van der Waals surface area contributed by atoms with E-state index in [1.54, 1.807) is 56.7 Å². The summed E-state index contributed by atoms with van der Waals surface area (Å²) in [6, 6.07) is 12.2. The number of carbonyl (C=O) groups excluding carboxylic acids is 2. The van der Waals surface area contributed by atoms with Crippen molar-refractivity contribution in [3.05, 3.63) is 59.7 Å². The third-order valence-corrected chi connectivity index (χ3v) is 3.68. The van der Waals surface area contributed by atoms with Crippen LogP contribution >= 0.6 is 0 Å². The van der Waals surface area contributed by atoms with Gasteiger partial charge in [-0.25, -0.2) is 0 Å². The maximum absolute atomic E-state index is 12.3. The highest BCUT2D eigenvalue weighted by Crippen LogP contribution is 2.28. The molecule has 6 nitrogen and oxygen atoms in total. The van der Waals surface area contributed by atoms with Crippen LogP contribution in [0.1, 0.15) is 29.8 Å². The molecule has 142 valence electrons. The Morgan fingerprint density at radius 2 is 1.70 bits per heavy atom. The molecule has 2 aromatic carbocycles. The molecule has 0 radical (unpaired) electrons. The number of para-hydroxylation sites is 1. The monoisotopic (exact) mass is 368 g/mol. The number of anilines is 1. The third kappa shape index (κ3) is 5.60. The van der Waals surface area contributed by atoms with Gasteiger partial charge in [0.1, 0.15) is 0 Å². The first-order chi connectivity index (χ1) is 12.9. The fourth-order valence-electron chi connectivity index (χ4n) is 2.43. The molecule has 2 rings (SSSR count). The summed E-state index contributed by atoms with van der Waals surface area (Å²) in [5.41, 5.74) is 1.66. The van der Waals surface area contributed by atoms with Crippen molar-refractivity contribution in [2.24, 2.45) is 0 Å². The zero-order chi connectivity index (χ0) is 19.8. The lowest BCUT2D eigenvalue weighted by Gasteiger charge is -2.12. The molecule has 0 unspecified atom stereocenters. The summed E-state index contributed by atoms with van der Waals surface area (Å²) < 4.78 is 10.4. The molecular weight excluding hydrogens is 344 g/mol. The van der Waals surface area contributed by atoms with Crippen LogP contribution in [0.4, 0.5) is 5.69 Å². The number of hydrogen-bond acceptors (Lipinski definition) is 4. The maximum atomic E-state index is 12.3. The van der Waals surface area contributed by atoms with Crippen molar-refractivity contribution >= 4 is 23.6 Å². The fraction of sp³-hybridized carbons (Fsp3) is 0.238. The van der Waals surface area contributed by atoms with Crippen molar-refractivity contribution < 1.29 is 19.1 Å². The van der Waals surface area contributed by atoms with E-state index in [0.717, 1.165) is 5.56 Å². The Morgan fingerprint density at radius 3 is 2.37 bits per heavy atom. The highest BCUT2D eigenvalue weighted by molar-refractivity contribution is 6.07. The zero-order valence-corrected chi connectivity index (χ0v) is 15.9. The van der Waals surface area contributed by atoms with Gasteiger partial charge in [0.05, 0.1) is 25.5 Å². The van der Waals surface area contributed by atoms with Gasteiger partial charge in [0.25, 0.3) is 5.91 Å². The molecule has 0 saturated carbocycles. The van der Waals surface area contributed by atoms with Gasteiger partial charge in [-0.1, -0.05) is 18.2 Å². The van der Waals surface area contributed by atoms with Crippen LogP contribution in [0.5, 0.6) is 11.5 Å². The number of ether oxygens (including phenoxy) is 2. The molecule has 0 heterocycles. The van der Waals surface area contributed by atoms with E-state index < -0.39 is 0 Å². The summed E-state index contributed by atoms with van der Waals surface area (Å²) in [7, 11) is 3.12. The van der Waals surface area contributed by atoms with Gasteiger partial charge in [-0.2, -0.15) is 0 Å². The lowest BCUT2D eigenvalue weighted by Crippen LogP contribution is -2.30. The zero-order valence-electron chi connectivity index (χ0n) is 15.9. The summed E-state index contributed by atoms with van der Waals surface area (Å²) in [5.74, 6) is 0.624. The fourth-order valence-corrected chi connectivity index (χ4v) is 2.43. The summed E-state index contributed by atoms with van der Waals surface area (Å²) in [5, 5.41) is 5.56. The molecule has 0 saturated heterocycles. The quantitative estimate of drug-likeness (QED) is 0.734. The number of amides is 2. The van der Waals surface area contributed by atoms with Crippen molar-refractivity contribution in [2.45, 2.75) is 19.9 Å². The van der Waals surface area contributed by atoms with Gasteiger partial charge in [0.2, 0.25) is 5.91 Å². The minimum Gasteiger partial charge on any atom is -0.493 e. The molecule has 27 heavy (non-hydrogen) atoms. The van der Waals surface area contributed by atoms with Gasteiger partial charge in [-0.15, -0.1) is 0 Å². The summed E-state index contributed by atoms with van der Waals surface area (Å²) in [4.78, 5) is 24.5. The summed E-state index contributed by atoms with van der Waals surface area (Å²) in [6.45, 7) is 3.76. The van der Waals surface area contributed by atoms with Crippen molar-refractivity contribution in [3.63, 3.8) is 0 Å². The highest BCUT2D eigenvalue weighted by atomic mass is 16.5. The van der Waals surface area contributed by atoms with Crippen molar-refractivity contribution in [1.29, 1.82) is 0 Å². The molecular formula is C21H24N2O4. The van der Waals surface area contributed by atoms with E-state index in [0.29, 0.717) is 22.7 Å². The Bertz CT molecular complexity index is 844. The Kier molecular flexibility index (Phi) is 7.00. The van der Waals surface area contributed by atoms with Crippen molar-refractivity contribution in [1.82, 2.24) is 5.32 Å². The number of benzene rings is 2. The second-order valence-corrected chi connectivity index (χ2v) is 6.11. The van der Waals surface area contributed by atoms with E-state index in [1.807, 2.05) is 19.9 Å². The van der Waals surface area contributed by atoms with Crippen LogP contribution in [0.15, 0.2) is 48.5 Å². The Labute approximate surface area is 159 Å². The van der Waals surface area contributed by atoms with Crippen molar-refractivity contribution in [3.8, 4) is 11.5 Å². The number of hydrogen-bond donors (Lipinski definition) is 2. The minimum atomic E-state index is -0.338. The first kappa shape index (κ1) is 20.0. The van der Waals surface area contributed by atoms with Gasteiger partial charge in [0, 0.05) is 12.1 Å².